The molecule has 0 fully saturated rings. The van der Waals surface area contributed by atoms with Crippen LogP contribution in [-0.2, 0) is 16.0 Å². The van der Waals surface area contributed by atoms with Crippen LogP contribution in [0.1, 0.15) is 22.6 Å². The maximum Gasteiger partial charge on any atom is 0.257 e. The standard InChI is InChI=1S/C27H27N3O4/c1-33-20-12-8-19(9-13-20)23(24-16-29-25-5-3-2-4-22(24)25)15-30-27(32)17-34-21-10-6-18(7-11-21)14-26(28)31/h2-13,16,23,29H,14-15,17H2,1H3,(H2,28,31)(H,30,32). The maximum absolute atomic E-state index is 12.6. The lowest BCUT2D eigenvalue weighted by Gasteiger charge is -2.19. The number of aromatic nitrogens is 1. The number of hydrogen-bond acceptors (Lipinski definition) is 4. The highest BCUT2D eigenvalue weighted by molar-refractivity contribution is 5.84. The number of ether oxygens (including phenoxy) is 2. The number of hydrogen-bond donors (Lipinski definition) is 3. The summed E-state index contributed by atoms with van der Waals surface area (Å²) in [5.41, 5.74) is 9.22. The summed E-state index contributed by atoms with van der Waals surface area (Å²) in [4.78, 5) is 26.9. The van der Waals surface area contributed by atoms with Crippen LogP contribution in [0.25, 0.3) is 10.9 Å². The molecule has 1 heterocycles. The maximum atomic E-state index is 12.6. The molecule has 0 saturated carbocycles. The van der Waals surface area contributed by atoms with Crippen molar-refractivity contribution in [2.75, 3.05) is 20.3 Å². The fourth-order valence-electron chi connectivity index (χ4n) is 3.95. The number of nitrogens with two attached hydrogens (primary N) is 1. The number of nitrogens with one attached hydrogen (secondary N) is 2. The van der Waals surface area contributed by atoms with E-state index in [1.54, 1.807) is 31.4 Å². The average Bonchev–Trinajstić information content (AvgIpc) is 3.28. The van der Waals surface area contributed by atoms with E-state index in [0.717, 1.165) is 33.3 Å². The summed E-state index contributed by atoms with van der Waals surface area (Å²) < 4.78 is 10.9. The monoisotopic (exact) mass is 457 g/mol. The van der Waals surface area contributed by atoms with Gasteiger partial charge in [-0.1, -0.05) is 42.5 Å². The van der Waals surface area contributed by atoms with Crippen molar-refractivity contribution < 1.29 is 19.1 Å². The molecule has 7 nitrogen and oxygen atoms in total. The summed E-state index contributed by atoms with van der Waals surface area (Å²) in [5, 5.41) is 4.12. The van der Waals surface area contributed by atoms with Crippen molar-refractivity contribution in [1.82, 2.24) is 10.3 Å². The van der Waals surface area contributed by atoms with Gasteiger partial charge in [-0.2, -0.15) is 0 Å². The Kier molecular flexibility index (Phi) is 7.13. The summed E-state index contributed by atoms with van der Waals surface area (Å²) in [6, 6.07) is 22.9. The van der Waals surface area contributed by atoms with Gasteiger partial charge in [0, 0.05) is 29.6 Å². The van der Waals surface area contributed by atoms with Crippen molar-refractivity contribution in [2.45, 2.75) is 12.3 Å². The Morgan fingerprint density at radius 3 is 2.38 bits per heavy atom. The second-order valence-electron chi connectivity index (χ2n) is 8.00. The molecule has 1 unspecified atom stereocenters. The Labute approximate surface area is 197 Å². The summed E-state index contributed by atoms with van der Waals surface area (Å²) >= 11 is 0. The van der Waals surface area contributed by atoms with Crippen molar-refractivity contribution in [3.8, 4) is 11.5 Å². The minimum absolute atomic E-state index is 0.0564. The third kappa shape index (κ3) is 5.56. The van der Waals surface area contributed by atoms with E-state index in [0.29, 0.717) is 12.3 Å². The van der Waals surface area contributed by atoms with Crippen molar-refractivity contribution in [1.29, 1.82) is 0 Å². The number of carbonyl (C=O) groups excluding carboxylic acids is 2. The van der Waals surface area contributed by atoms with E-state index in [1.807, 2.05) is 48.7 Å². The second-order valence-corrected chi connectivity index (χ2v) is 8.00. The first-order valence-electron chi connectivity index (χ1n) is 11.0. The number of amides is 2. The molecule has 0 radical (unpaired) electrons. The number of carbonyl (C=O) groups is 2. The average molecular weight is 458 g/mol. The number of fused-ring (bicyclic) bond motifs is 1. The van der Waals surface area contributed by atoms with Gasteiger partial charge >= 0.3 is 0 Å². The summed E-state index contributed by atoms with van der Waals surface area (Å²) in [6.45, 7) is 0.298. The third-order valence-electron chi connectivity index (χ3n) is 5.69. The minimum Gasteiger partial charge on any atom is -0.497 e. The fraction of sp³-hybridized carbons (Fsp3) is 0.185. The smallest absolute Gasteiger partial charge is 0.257 e. The van der Waals surface area contributed by atoms with Crippen LogP contribution in [0.2, 0.25) is 0 Å². The Bertz CT molecular complexity index is 1260. The Morgan fingerprint density at radius 2 is 1.68 bits per heavy atom. The van der Waals surface area contributed by atoms with Gasteiger partial charge in [-0.05, 0) is 47.0 Å². The van der Waals surface area contributed by atoms with Gasteiger partial charge in [-0.25, -0.2) is 0 Å². The van der Waals surface area contributed by atoms with Crippen LogP contribution in [-0.4, -0.2) is 37.1 Å². The van der Waals surface area contributed by atoms with Crippen LogP contribution < -0.4 is 20.5 Å². The van der Waals surface area contributed by atoms with Gasteiger partial charge in [0.15, 0.2) is 6.61 Å². The highest BCUT2D eigenvalue weighted by Gasteiger charge is 2.19. The van der Waals surface area contributed by atoms with Gasteiger partial charge < -0.3 is 25.5 Å². The molecule has 4 aromatic rings. The van der Waals surface area contributed by atoms with Gasteiger partial charge in [0.2, 0.25) is 5.91 Å². The van der Waals surface area contributed by atoms with Crippen LogP contribution >= 0.6 is 0 Å². The number of benzene rings is 3. The quantitative estimate of drug-likeness (QED) is 0.339. The van der Waals surface area contributed by atoms with E-state index >= 15 is 0 Å². The Balaban J connectivity index is 1.44. The van der Waals surface area contributed by atoms with Crippen LogP contribution in [0.3, 0.4) is 0 Å². The first-order valence-corrected chi connectivity index (χ1v) is 11.0. The first kappa shape index (κ1) is 22.9. The molecule has 3 aromatic carbocycles. The molecule has 0 aliphatic heterocycles. The zero-order chi connectivity index (χ0) is 23.9. The largest absolute Gasteiger partial charge is 0.497 e. The van der Waals surface area contributed by atoms with E-state index in [1.165, 1.54) is 0 Å². The van der Waals surface area contributed by atoms with E-state index in [9.17, 15) is 9.59 Å². The number of aromatic amines is 1. The Hall–Kier alpha value is -4.26. The van der Waals surface area contributed by atoms with E-state index in [4.69, 9.17) is 15.2 Å². The van der Waals surface area contributed by atoms with Crippen LogP contribution in [0.15, 0.2) is 79.0 Å². The van der Waals surface area contributed by atoms with E-state index in [2.05, 4.69) is 16.4 Å². The molecule has 0 spiro atoms. The predicted molar refractivity (Wildman–Crippen MR) is 131 cm³/mol. The first-order chi connectivity index (χ1) is 16.5. The molecule has 0 aliphatic carbocycles. The van der Waals surface area contributed by atoms with Crippen LogP contribution in [0.5, 0.6) is 11.5 Å². The van der Waals surface area contributed by atoms with Gasteiger partial charge in [-0.15, -0.1) is 0 Å². The molecule has 174 valence electrons. The van der Waals surface area contributed by atoms with Crippen molar-refractivity contribution in [3.05, 3.63) is 95.7 Å². The van der Waals surface area contributed by atoms with Crippen molar-refractivity contribution in [3.63, 3.8) is 0 Å². The number of rotatable bonds is 10. The van der Waals surface area contributed by atoms with Crippen LogP contribution in [0.4, 0.5) is 0 Å². The van der Waals surface area contributed by atoms with Crippen LogP contribution in [0, 0.1) is 0 Å². The minimum atomic E-state index is -0.394. The molecule has 1 atom stereocenters. The van der Waals surface area contributed by atoms with Gasteiger partial charge in [-0.3, -0.25) is 9.59 Å². The highest BCUT2D eigenvalue weighted by Crippen LogP contribution is 2.31. The second kappa shape index (κ2) is 10.6. The van der Waals surface area contributed by atoms with Crippen molar-refractivity contribution >= 4 is 22.7 Å². The zero-order valence-electron chi connectivity index (χ0n) is 18.9. The third-order valence-corrected chi connectivity index (χ3v) is 5.69. The molecular formula is C27H27N3O4. The summed E-state index contributed by atoms with van der Waals surface area (Å²) in [7, 11) is 1.64. The number of primary amides is 1. The highest BCUT2D eigenvalue weighted by atomic mass is 16.5. The van der Waals surface area contributed by atoms with Gasteiger partial charge in [0.05, 0.1) is 13.5 Å². The molecule has 0 aliphatic rings. The lowest BCUT2D eigenvalue weighted by Crippen LogP contribution is -2.32. The zero-order valence-corrected chi connectivity index (χ0v) is 18.9. The van der Waals surface area contributed by atoms with Gasteiger partial charge in [0.1, 0.15) is 11.5 Å². The lowest BCUT2D eigenvalue weighted by molar-refractivity contribution is -0.123. The number of para-hydroxylation sites is 1. The molecule has 0 saturated heterocycles. The molecule has 7 heteroatoms. The topological polar surface area (TPSA) is 106 Å². The molecule has 1 aromatic heterocycles. The predicted octanol–water partition coefficient (Wildman–Crippen LogP) is 3.53. The molecule has 0 bridgehead atoms. The molecule has 34 heavy (non-hydrogen) atoms. The molecule has 2 amide bonds. The number of H-pyrrole nitrogens is 1. The summed E-state index contributed by atoms with van der Waals surface area (Å²) in [5.74, 6) is 0.653. The van der Waals surface area contributed by atoms with E-state index < -0.39 is 5.91 Å². The Morgan fingerprint density at radius 1 is 0.971 bits per heavy atom. The molecule has 4 N–H and O–H groups in total. The van der Waals surface area contributed by atoms with Crippen molar-refractivity contribution in [2.24, 2.45) is 5.73 Å². The molecule has 4 rings (SSSR count). The normalized spacial score (nSPS) is 11.7. The SMILES string of the molecule is COc1ccc(C(CNC(=O)COc2ccc(CC(N)=O)cc2)c2c[nH]c3ccccc23)cc1. The molecular weight excluding hydrogens is 430 g/mol. The lowest BCUT2D eigenvalue weighted by atomic mass is 9.91. The van der Waals surface area contributed by atoms with Gasteiger partial charge in [0.25, 0.3) is 5.91 Å². The van der Waals surface area contributed by atoms with E-state index in [-0.39, 0.29) is 24.9 Å². The fourth-order valence-corrected chi connectivity index (χ4v) is 3.95. The summed E-state index contributed by atoms with van der Waals surface area (Å²) in [6.07, 6.45) is 2.16. The number of methoxy groups -OCH3 is 1.